The predicted molar refractivity (Wildman–Crippen MR) is 134 cm³/mol. The number of nitrogens with zero attached hydrogens (tertiary/aromatic N) is 4. The van der Waals surface area contributed by atoms with Crippen LogP contribution in [-0.2, 0) is 37.8 Å². The number of aliphatic carboxylic acids is 1. The molecule has 0 radical (unpaired) electrons. The maximum Gasteiger partial charge on any atom is 0.369 e. The number of hydrogen-bond donors (Lipinski definition) is 7. The topological polar surface area (TPSA) is 267 Å². The third kappa shape index (κ3) is 12.7. The smallest absolute Gasteiger partial charge is 0.369 e. The molecule has 1 aliphatic rings. The molecule has 232 valence electrons. The number of aliphatic hydroxyl groups is 1. The Bertz CT molecular complexity index is 909. The Balaban J connectivity index is 2.94. The van der Waals surface area contributed by atoms with E-state index in [9.17, 15) is 58.1 Å². The second kappa shape index (κ2) is 17.1. The van der Waals surface area contributed by atoms with Crippen LogP contribution < -0.4 is 5.32 Å². The van der Waals surface area contributed by atoms with Gasteiger partial charge in [-0.2, -0.15) is 0 Å². The van der Waals surface area contributed by atoms with Gasteiger partial charge in [0.1, 0.15) is 13.5 Å². The lowest BCUT2D eigenvalue weighted by Crippen LogP contribution is -2.49. The molecule has 0 bridgehead atoms. The van der Waals surface area contributed by atoms with E-state index >= 15 is 0 Å². The molecule has 1 rings (SSSR count). The number of carboxylic acid groups (broad SMARTS) is 1. The molecule has 1 heterocycles. The summed E-state index contributed by atoms with van der Waals surface area (Å²) in [6.45, 7) is 1.50. The van der Waals surface area contributed by atoms with Crippen LogP contribution in [0.2, 0.25) is 0 Å². The summed E-state index contributed by atoms with van der Waals surface area (Å²) in [4.78, 5) is 88.9. The summed E-state index contributed by atoms with van der Waals surface area (Å²) >= 11 is 0. The van der Waals surface area contributed by atoms with Gasteiger partial charge >= 0.3 is 21.2 Å². The molecule has 0 spiro atoms. The molecule has 1 saturated heterocycles. The Morgan fingerprint density at radius 3 is 1.48 bits per heavy atom. The molecule has 19 nitrogen and oxygen atoms in total. The average molecular weight is 621 g/mol. The first-order valence-electron chi connectivity index (χ1n) is 11.9. The normalized spacial score (nSPS) is 18.2. The summed E-state index contributed by atoms with van der Waals surface area (Å²) in [5.74, 6) is -1.77. The van der Waals surface area contributed by atoms with Crippen molar-refractivity contribution < 1.29 is 67.6 Å². The highest BCUT2D eigenvalue weighted by Crippen LogP contribution is 2.68. The first kappa shape index (κ1) is 36.0. The number of amides is 1. The van der Waals surface area contributed by atoms with E-state index in [1.54, 1.807) is 19.6 Å². The number of hydrogen-bond acceptors (Lipinski definition) is 13. The molecule has 0 aromatic heterocycles. The van der Waals surface area contributed by atoms with Crippen molar-refractivity contribution in [3.05, 3.63) is 0 Å². The molecular weight excluding hydrogens is 584 g/mol. The maximum absolute atomic E-state index is 12.6. The Kier molecular flexibility index (Phi) is 15.4. The number of ether oxygens (including phenoxy) is 2. The van der Waals surface area contributed by atoms with Crippen molar-refractivity contribution in [2.24, 2.45) is 0 Å². The standard InChI is InChI=1S/C19H37N5O14P2/c25-15-37-13-23-7-5-21(11-17(27)20-2-1-19(30,39(31,32)33)40(34,35)36)3-4-22(12-18(28)29)6-8-24(10-9-23)14-38-16-26/h15-16,30H,1-14H2,(H,20,27)(H,28,29)(H2,31,32,33)(H2,34,35,36). The maximum atomic E-state index is 12.6. The number of carbonyl (C=O) groups is 4. The van der Waals surface area contributed by atoms with Crippen molar-refractivity contribution in [3.63, 3.8) is 0 Å². The summed E-state index contributed by atoms with van der Waals surface area (Å²) in [6, 6.07) is 0. The fourth-order valence-corrected chi connectivity index (χ4v) is 5.87. The van der Waals surface area contributed by atoms with Crippen LogP contribution >= 0.6 is 15.2 Å². The minimum absolute atomic E-state index is 0.0295. The SMILES string of the molecule is O=COCN1CCN(COC=O)CCN(CC(=O)NCCC(O)(P(=O)(O)O)P(=O)(O)O)CCN(CC(=O)O)CC1. The van der Waals surface area contributed by atoms with E-state index in [1.807, 2.05) is 0 Å². The molecule has 0 unspecified atom stereocenters. The predicted octanol–water partition coefficient (Wildman–Crippen LogP) is -3.94. The van der Waals surface area contributed by atoms with Gasteiger partial charge in [-0.1, -0.05) is 0 Å². The fourth-order valence-electron chi connectivity index (χ4n) is 3.71. The summed E-state index contributed by atoms with van der Waals surface area (Å²) in [7, 11) is -11.3. The van der Waals surface area contributed by atoms with Gasteiger partial charge in [-0.15, -0.1) is 0 Å². The lowest BCUT2D eigenvalue weighted by molar-refractivity contribution is -0.139. The van der Waals surface area contributed by atoms with Crippen LogP contribution in [0.4, 0.5) is 0 Å². The molecule has 21 heteroatoms. The van der Waals surface area contributed by atoms with Gasteiger partial charge in [0.05, 0.1) is 13.1 Å². The van der Waals surface area contributed by atoms with Crippen molar-refractivity contribution >= 4 is 40.0 Å². The van der Waals surface area contributed by atoms with E-state index in [4.69, 9.17) is 9.47 Å². The van der Waals surface area contributed by atoms with Crippen LogP contribution in [0.3, 0.4) is 0 Å². The Labute approximate surface area is 229 Å². The quantitative estimate of drug-likeness (QED) is 0.0679. The highest BCUT2D eigenvalue weighted by molar-refractivity contribution is 7.72. The molecular formula is C19H37N5O14P2. The molecule has 1 amide bonds. The Hall–Kier alpha value is -2.02. The van der Waals surface area contributed by atoms with Crippen LogP contribution in [0.25, 0.3) is 0 Å². The van der Waals surface area contributed by atoms with Gasteiger partial charge in [-0.25, -0.2) is 0 Å². The molecule has 0 atom stereocenters. The van der Waals surface area contributed by atoms with E-state index in [0.29, 0.717) is 32.7 Å². The lowest BCUT2D eigenvalue weighted by atomic mass is 10.3. The highest BCUT2D eigenvalue weighted by Gasteiger charge is 2.58. The zero-order chi connectivity index (χ0) is 30.4. The largest absolute Gasteiger partial charge is 0.480 e. The van der Waals surface area contributed by atoms with Gasteiger partial charge in [0, 0.05) is 65.3 Å². The minimum atomic E-state index is -5.67. The molecule has 1 aliphatic heterocycles. The lowest BCUT2D eigenvalue weighted by Gasteiger charge is -2.33. The molecule has 0 saturated carbocycles. The molecule has 0 aromatic rings. The van der Waals surface area contributed by atoms with E-state index in [-0.39, 0.29) is 59.2 Å². The van der Waals surface area contributed by atoms with Gasteiger partial charge in [0.2, 0.25) is 5.91 Å². The first-order valence-corrected chi connectivity index (χ1v) is 15.2. The van der Waals surface area contributed by atoms with E-state index < -0.39 is 45.1 Å². The van der Waals surface area contributed by atoms with Gasteiger partial charge in [-0.05, 0) is 0 Å². The van der Waals surface area contributed by atoms with Gasteiger partial charge in [-0.3, -0.25) is 47.9 Å². The van der Waals surface area contributed by atoms with Crippen LogP contribution in [-0.4, -0.2) is 165 Å². The molecule has 40 heavy (non-hydrogen) atoms. The van der Waals surface area contributed by atoms with Crippen LogP contribution in [0.5, 0.6) is 0 Å². The Morgan fingerprint density at radius 2 is 1.12 bits per heavy atom. The summed E-state index contributed by atoms with van der Waals surface area (Å²) in [6.07, 6.45) is -1.12. The third-order valence-corrected chi connectivity index (χ3v) is 9.90. The number of carbonyl (C=O) groups excluding carboxylic acids is 3. The third-order valence-electron chi connectivity index (χ3n) is 6.02. The summed E-state index contributed by atoms with van der Waals surface area (Å²) in [5.41, 5.74) is 0. The second-order valence-electron chi connectivity index (χ2n) is 8.93. The summed E-state index contributed by atoms with van der Waals surface area (Å²) in [5, 5.41) is 17.8. The van der Waals surface area contributed by atoms with Crippen LogP contribution in [0.1, 0.15) is 6.42 Å². The van der Waals surface area contributed by atoms with Gasteiger partial charge < -0.3 is 44.6 Å². The zero-order valence-electron chi connectivity index (χ0n) is 21.7. The van der Waals surface area contributed by atoms with Crippen LogP contribution in [0.15, 0.2) is 0 Å². The minimum Gasteiger partial charge on any atom is -0.480 e. The molecule has 1 fully saturated rings. The first-order chi connectivity index (χ1) is 18.6. The number of carboxylic acids is 1. The number of nitrogens with one attached hydrogen (secondary N) is 1. The Morgan fingerprint density at radius 1 is 0.750 bits per heavy atom. The van der Waals surface area contributed by atoms with Gasteiger partial charge in [0.25, 0.3) is 18.0 Å². The molecule has 7 N–H and O–H groups in total. The van der Waals surface area contributed by atoms with E-state index in [2.05, 4.69) is 5.32 Å². The zero-order valence-corrected chi connectivity index (χ0v) is 23.5. The second-order valence-corrected chi connectivity index (χ2v) is 12.9. The van der Waals surface area contributed by atoms with Crippen molar-refractivity contribution in [1.29, 1.82) is 0 Å². The summed E-state index contributed by atoms with van der Waals surface area (Å²) < 4.78 is 32.6. The van der Waals surface area contributed by atoms with Crippen molar-refractivity contribution in [2.75, 3.05) is 85.5 Å². The van der Waals surface area contributed by atoms with Gasteiger partial charge in [0.15, 0.2) is 0 Å². The van der Waals surface area contributed by atoms with Crippen molar-refractivity contribution in [3.8, 4) is 0 Å². The fraction of sp³-hybridized carbons (Fsp3) is 0.789. The van der Waals surface area contributed by atoms with Crippen molar-refractivity contribution in [2.45, 2.75) is 11.5 Å². The highest BCUT2D eigenvalue weighted by atomic mass is 31.2. The average Bonchev–Trinajstić information content (AvgIpc) is 2.84. The van der Waals surface area contributed by atoms with E-state index in [1.165, 1.54) is 0 Å². The number of rotatable bonds is 15. The van der Waals surface area contributed by atoms with E-state index in [0.717, 1.165) is 0 Å². The molecule has 0 aromatic carbocycles. The molecule has 0 aliphatic carbocycles. The van der Waals surface area contributed by atoms with Crippen LogP contribution in [0, 0.1) is 0 Å². The monoisotopic (exact) mass is 621 g/mol. The van der Waals surface area contributed by atoms with Crippen molar-refractivity contribution in [1.82, 2.24) is 24.9 Å².